The first kappa shape index (κ1) is 10.8. The molecule has 0 aliphatic rings. The van der Waals surface area contributed by atoms with E-state index < -0.39 is 0 Å². The molecule has 1 rings (SSSR count). The third-order valence-electron chi connectivity index (χ3n) is 1.74. The maximum Gasteiger partial charge on any atom is 0.107 e. The third-order valence-corrected chi connectivity index (χ3v) is 2.54. The molecule has 0 bridgehead atoms. The summed E-state index contributed by atoms with van der Waals surface area (Å²) >= 11 is 9.27. The molecule has 0 atom stereocenters. The van der Waals surface area contributed by atoms with Crippen molar-refractivity contribution in [3.63, 3.8) is 0 Å². The van der Waals surface area contributed by atoms with Gasteiger partial charge in [0.05, 0.1) is 10.7 Å². The minimum atomic E-state index is -0.372. The second-order valence-corrected chi connectivity index (χ2v) is 4.03. The number of benzene rings is 1. The van der Waals surface area contributed by atoms with Gasteiger partial charge in [0.25, 0.3) is 0 Å². The van der Waals surface area contributed by atoms with Crippen molar-refractivity contribution in [2.75, 3.05) is 25.2 Å². The van der Waals surface area contributed by atoms with Crippen LogP contribution in [0, 0.1) is 0 Å². The monoisotopic (exact) mass is 265 g/mol. The standard InChI is InChI=1S/C9H10BrClFN/c1-13(5-4-12)9-3-2-7(10)6-8(9)11/h2-3,6H,4-5H2,1H3. The Morgan fingerprint density at radius 1 is 1.54 bits per heavy atom. The van der Waals surface area contributed by atoms with E-state index >= 15 is 0 Å². The molecule has 0 radical (unpaired) electrons. The van der Waals surface area contributed by atoms with Crippen molar-refractivity contribution in [1.82, 2.24) is 0 Å². The zero-order valence-electron chi connectivity index (χ0n) is 7.23. The second kappa shape index (κ2) is 4.82. The molecule has 72 valence electrons. The predicted octanol–water partition coefficient (Wildman–Crippen LogP) is 3.51. The third kappa shape index (κ3) is 2.85. The average Bonchev–Trinajstić information content (AvgIpc) is 2.04. The van der Waals surface area contributed by atoms with Gasteiger partial charge in [-0.15, -0.1) is 0 Å². The van der Waals surface area contributed by atoms with Crippen molar-refractivity contribution in [2.45, 2.75) is 0 Å². The van der Waals surface area contributed by atoms with Crippen LogP contribution in [0.25, 0.3) is 0 Å². The minimum Gasteiger partial charge on any atom is -0.371 e. The van der Waals surface area contributed by atoms with Crippen LogP contribution in [0.1, 0.15) is 0 Å². The minimum absolute atomic E-state index is 0.362. The molecule has 0 fully saturated rings. The van der Waals surface area contributed by atoms with Crippen LogP contribution >= 0.6 is 27.5 Å². The maximum absolute atomic E-state index is 12.0. The summed E-state index contributed by atoms with van der Waals surface area (Å²) < 4.78 is 13.0. The number of hydrogen-bond acceptors (Lipinski definition) is 1. The van der Waals surface area contributed by atoms with Crippen LogP contribution in [0.15, 0.2) is 22.7 Å². The lowest BCUT2D eigenvalue weighted by Crippen LogP contribution is -2.19. The van der Waals surface area contributed by atoms with Crippen molar-refractivity contribution >= 4 is 33.2 Å². The van der Waals surface area contributed by atoms with Gasteiger partial charge in [-0.25, -0.2) is 4.39 Å². The zero-order valence-corrected chi connectivity index (χ0v) is 9.57. The SMILES string of the molecule is CN(CCF)c1ccc(Br)cc1Cl. The molecule has 0 aromatic heterocycles. The van der Waals surface area contributed by atoms with Crippen LogP contribution in [0.3, 0.4) is 0 Å². The second-order valence-electron chi connectivity index (χ2n) is 2.71. The Morgan fingerprint density at radius 2 is 2.23 bits per heavy atom. The highest BCUT2D eigenvalue weighted by Gasteiger charge is 2.05. The van der Waals surface area contributed by atoms with E-state index in [0.29, 0.717) is 11.6 Å². The normalized spacial score (nSPS) is 10.2. The maximum atomic E-state index is 12.0. The number of nitrogens with zero attached hydrogens (tertiary/aromatic N) is 1. The fourth-order valence-corrected chi connectivity index (χ4v) is 1.86. The molecule has 1 aromatic carbocycles. The average molecular weight is 267 g/mol. The Kier molecular flexibility index (Phi) is 4.00. The molecular weight excluding hydrogens is 256 g/mol. The molecule has 0 amide bonds. The highest BCUT2D eigenvalue weighted by Crippen LogP contribution is 2.27. The van der Waals surface area contributed by atoms with Crippen molar-refractivity contribution in [2.24, 2.45) is 0 Å². The number of halogens is 3. The van der Waals surface area contributed by atoms with Crippen molar-refractivity contribution in [3.8, 4) is 0 Å². The van der Waals surface area contributed by atoms with Crippen LogP contribution in [0.2, 0.25) is 5.02 Å². The molecule has 1 nitrogen and oxygen atoms in total. The molecular formula is C9H10BrClFN. The summed E-state index contributed by atoms with van der Waals surface area (Å²) in [5.41, 5.74) is 0.850. The summed E-state index contributed by atoms with van der Waals surface area (Å²) in [7, 11) is 1.81. The van der Waals surface area contributed by atoms with E-state index in [-0.39, 0.29) is 6.67 Å². The van der Waals surface area contributed by atoms with E-state index in [1.54, 1.807) is 11.0 Å². The van der Waals surface area contributed by atoms with Gasteiger partial charge in [-0.3, -0.25) is 0 Å². The van der Waals surface area contributed by atoms with Gasteiger partial charge in [0.1, 0.15) is 6.67 Å². The number of anilines is 1. The first-order chi connectivity index (χ1) is 6.15. The van der Waals surface area contributed by atoms with E-state index in [9.17, 15) is 4.39 Å². The van der Waals surface area contributed by atoms with Crippen molar-refractivity contribution < 1.29 is 4.39 Å². The van der Waals surface area contributed by atoms with Gasteiger partial charge in [-0.1, -0.05) is 27.5 Å². The van der Waals surface area contributed by atoms with E-state index in [1.165, 1.54) is 0 Å². The fourth-order valence-electron chi connectivity index (χ4n) is 1.04. The van der Waals surface area contributed by atoms with Crippen LogP contribution in [0.4, 0.5) is 10.1 Å². The van der Waals surface area contributed by atoms with Gasteiger partial charge in [-0.2, -0.15) is 0 Å². The Labute approximate surface area is 90.6 Å². The van der Waals surface area contributed by atoms with Crippen molar-refractivity contribution in [3.05, 3.63) is 27.7 Å². The lowest BCUT2D eigenvalue weighted by molar-refractivity contribution is 0.497. The largest absolute Gasteiger partial charge is 0.371 e. The Morgan fingerprint density at radius 3 is 2.77 bits per heavy atom. The van der Waals surface area contributed by atoms with Gasteiger partial charge in [0.2, 0.25) is 0 Å². The first-order valence-electron chi connectivity index (χ1n) is 3.87. The van der Waals surface area contributed by atoms with Crippen LogP contribution in [0.5, 0.6) is 0 Å². The lowest BCUT2D eigenvalue weighted by Gasteiger charge is -2.18. The summed E-state index contributed by atoms with van der Waals surface area (Å²) in [5, 5.41) is 0.630. The number of alkyl halides is 1. The molecule has 0 spiro atoms. The Hall–Kier alpha value is -0.280. The summed E-state index contributed by atoms with van der Waals surface area (Å²) in [5.74, 6) is 0. The highest BCUT2D eigenvalue weighted by molar-refractivity contribution is 9.10. The van der Waals surface area contributed by atoms with Gasteiger partial charge >= 0.3 is 0 Å². The van der Waals surface area contributed by atoms with Gasteiger partial charge in [0.15, 0.2) is 0 Å². The quantitative estimate of drug-likeness (QED) is 0.809. The summed E-state index contributed by atoms with van der Waals surface area (Å²) in [6.45, 7) is -0.00968. The zero-order chi connectivity index (χ0) is 9.84. The Balaban J connectivity index is 2.88. The molecule has 13 heavy (non-hydrogen) atoms. The van der Waals surface area contributed by atoms with Crippen molar-refractivity contribution in [1.29, 1.82) is 0 Å². The molecule has 0 aliphatic carbocycles. The van der Waals surface area contributed by atoms with E-state index in [1.807, 2.05) is 19.2 Å². The van der Waals surface area contributed by atoms with E-state index in [2.05, 4.69) is 15.9 Å². The van der Waals surface area contributed by atoms with Crippen LogP contribution in [-0.4, -0.2) is 20.3 Å². The lowest BCUT2D eigenvalue weighted by atomic mass is 10.3. The molecule has 4 heteroatoms. The highest BCUT2D eigenvalue weighted by atomic mass is 79.9. The van der Waals surface area contributed by atoms with Gasteiger partial charge < -0.3 is 4.90 Å². The molecule has 0 heterocycles. The van der Waals surface area contributed by atoms with Crippen LogP contribution in [-0.2, 0) is 0 Å². The molecule has 0 N–H and O–H groups in total. The number of rotatable bonds is 3. The topological polar surface area (TPSA) is 3.24 Å². The van der Waals surface area contributed by atoms with Gasteiger partial charge in [-0.05, 0) is 18.2 Å². The first-order valence-corrected chi connectivity index (χ1v) is 5.04. The molecule has 0 unspecified atom stereocenters. The molecule has 0 aliphatic heterocycles. The smallest absolute Gasteiger partial charge is 0.107 e. The summed E-state index contributed by atoms with van der Waals surface area (Å²) in [6.07, 6.45) is 0. The fraction of sp³-hybridized carbons (Fsp3) is 0.333. The molecule has 0 saturated heterocycles. The Bertz CT molecular complexity index is 293. The summed E-state index contributed by atoms with van der Waals surface area (Å²) in [4.78, 5) is 1.79. The molecule has 0 saturated carbocycles. The predicted molar refractivity (Wildman–Crippen MR) is 58.4 cm³/mol. The van der Waals surface area contributed by atoms with Crippen LogP contribution < -0.4 is 4.90 Å². The molecule has 1 aromatic rings. The summed E-state index contributed by atoms with van der Waals surface area (Å²) in [6, 6.07) is 5.55. The van der Waals surface area contributed by atoms with E-state index in [4.69, 9.17) is 11.6 Å². The van der Waals surface area contributed by atoms with Gasteiger partial charge in [0, 0.05) is 18.1 Å². The number of hydrogen-bond donors (Lipinski definition) is 0. The van der Waals surface area contributed by atoms with E-state index in [0.717, 1.165) is 10.2 Å².